The Labute approximate surface area is 208 Å². The molecular weight excluding hydrogens is 488 g/mol. The van der Waals surface area contributed by atoms with Crippen molar-refractivity contribution in [2.75, 3.05) is 34.9 Å². The van der Waals surface area contributed by atoms with Crippen LogP contribution in [0.1, 0.15) is 28.8 Å². The average Bonchev–Trinajstić information content (AvgIpc) is 2.84. The Balaban J connectivity index is 1.45. The highest BCUT2D eigenvalue weighted by Crippen LogP contribution is 2.27. The molecule has 2 aromatic carbocycles. The van der Waals surface area contributed by atoms with Crippen LogP contribution in [0.15, 0.2) is 54.7 Å². The SMILES string of the molecule is CS(=O)(=O)C1CCN(c2ccc(Nc3cc(NCc4c(F)cccc4F)c(C(N)=O)cn3)cc2)CC1. The quantitative estimate of drug-likeness (QED) is 0.417. The summed E-state index contributed by atoms with van der Waals surface area (Å²) in [5.74, 6) is -1.72. The van der Waals surface area contributed by atoms with Crippen molar-refractivity contribution >= 4 is 38.6 Å². The number of hydrogen-bond acceptors (Lipinski definition) is 7. The van der Waals surface area contributed by atoms with Gasteiger partial charge in [0.05, 0.1) is 16.5 Å². The van der Waals surface area contributed by atoms with Crippen LogP contribution in [0.25, 0.3) is 0 Å². The predicted molar refractivity (Wildman–Crippen MR) is 136 cm³/mol. The molecule has 1 saturated heterocycles. The first-order valence-electron chi connectivity index (χ1n) is 11.4. The molecule has 0 aliphatic carbocycles. The third kappa shape index (κ3) is 5.91. The summed E-state index contributed by atoms with van der Waals surface area (Å²) < 4.78 is 51.5. The van der Waals surface area contributed by atoms with E-state index in [0.717, 1.165) is 23.5 Å². The molecule has 2 heterocycles. The molecule has 1 fully saturated rings. The number of benzene rings is 2. The number of amides is 1. The van der Waals surface area contributed by atoms with E-state index in [2.05, 4.69) is 20.5 Å². The Hall–Kier alpha value is -3.73. The van der Waals surface area contributed by atoms with Gasteiger partial charge in [-0.1, -0.05) is 6.07 Å². The number of rotatable bonds is 8. The van der Waals surface area contributed by atoms with Crippen molar-refractivity contribution in [2.24, 2.45) is 5.73 Å². The maximum Gasteiger partial charge on any atom is 0.252 e. The summed E-state index contributed by atoms with van der Waals surface area (Å²) in [4.78, 5) is 18.2. The van der Waals surface area contributed by atoms with E-state index in [1.807, 2.05) is 24.3 Å². The molecule has 0 radical (unpaired) electrons. The van der Waals surface area contributed by atoms with Gasteiger partial charge in [0.25, 0.3) is 5.91 Å². The number of carbonyl (C=O) groups is 1. The predicted octanol–water partition coefficient (Wildman–Crippen LogP) is 3.83. The number of anilines is 4. The third-order valence-electron chi connectivity index (χ3n) is 6.24. The van der Waals surface area contributed by atoms with Gasteiger partial charge in [-0.3, -0.25) is 4.79 Å². The van der Waals surface area contributed by atoms with Crippen molar-refractivity contribution in [1.29, 1.82) is 0 Å². The van der Waals surface area contributed by atoms with Crippen LogP contribution >= 0.6 is 0 Å². The van der Waals surface area contributed by atoms with Gasteiger partial charge in [0.2, 0.25) is 0 Å². The van der Waals surface area contributed by atoms with E-state index in [9.17, 15) is 22.0 Å². The van der Waals surface area contributed by atoms with Gasteiger partial charge in [-0.05, 0) is 49.2 Å². The first-order chi connectivity index (χ1) is 17.1. The van der Waals surface area contributed by atoms with Crippen LogP contribution in [0.3, 0.4) is 0 Å². The standard InChI is InChI=1S/C25H27F2N5O3S/c1-36(34,35)18-9-11-32(12-10-18)17-7-5-16(6-8-17)31-24-13-23(20(15-30-24)25(28)33)29-14-19-21(26)3-2-4-22(19)27/h2-8,13,15,18H,9-12,14H2,1H3,(H2,28,33)(H2,29,30,31). The largest absolute Gasteiger partial charge is 0.380 e. The Morgan fingerprint density at radius 2 is 1.75 bits per heavy atom. The molecule has 1 aromatic heterocycles. The Kier molecular flexibility index (Phi) is 7.39. The number of nitrogens with two attached hydrogens (primary N) is 1. The molecule has 1 amide bonds. The van der Waals surface area contributed by atoms with Gasteiger partial charge in [-0.15, -0.1) is 0 Å². The van der Waals surface area contributed by atoms with E-state index in [1.165, 1.54) is 18.5 Å². The summed E-state index contributed by atoms with van der Waals surface area (Å²) in [6.07, 6.45) is 3.78. The lowest BCUT2D eigenvalue weighted by Gasteiger charge is -2.32. The van der Waals surface area contributed by atoms with Crippen LogP contribution in [0.2, 0.25) is 0 Å². The second kappa shape index (κ2) is 10.5. The summed E-state index contributed by atoms with van der Waals surface area (Å²) in [6, 6.07) is 12.7. The number of primary amides is 1. The Morgan fingerprint density at radius 1 is 1.11 bits per heavy atom. The average molecular weight is 516 g/mol. The molecule has 4 rings (SSSR count). The van der Waals surface area contributed by atoms with Gasteiger partial charge >= 0.3 is 0 Å². The van der Waals surface area contributed by atoms with Gasteiger partial charge in [-0.2, -0.15) is 0 Å². The number of hydrogen-bond donors (Lipinski definition) is 3. The highest BCUT2D eigenvalue weighted by Gasteiger charge is 2.26. The minimum absolute atomic E-state index is 0.0881. The van der Waals surface area contributed by atoms with Crippen molar-refractivity contribution in [1.82, 2.24) is 4.98 Å². The fourth-order valence-corrected chi connectivity index (χ4v) is 5.26. The lowest BCUT2D eigenvalue weighted by molar-refractivity contribution is 0.100. The zero-order valence-corrected chi connectivity index (χ0v) is 20.5. The van der Waals surface area contributed by atoms with E-state index in [4.69, 9.17) is 5.73 Å². The molecule has 0 unspecified atom stereocenters. The van der Waals surface area contributed by atoms with Crippen molar-refractivity contribution in [3.8, 4) is 0 Å². The molecule has 0 spiro atoms. The molecule has 1 aliphatic heterocycles. The number of nitrogens with one attached hydrogen (secondary N) is 2. The zero-order valence-electron chi connectivity index (χ0n) is 19.7. The van der Waals surface area contributed by atoms with Crippen LogP contribution in [0.4, 0.5) is 31.7 Å². The number of aromatic nitrogens is 1. The monoisotopic (exact) mass is 515 g/mol. The third-order valence-corrected chi connectivity index (χ3v) is 7.92. The van der Waals surface area contributed by atoms with Crippen molar-refractivity contribution < 1.29 is 22.0 Å². The fraction of sp³-hybridized carbons (Fsp3) is 0.280. The van der Waals surface area contributed by atoms with Crippen LogP contribution in [0, 0.1) is 11.6 Å². The zero-order chi connectivity index (χ0) is 25.9. The molecule has 8 nitrogen and oxygen atoms in total. The first kappa shape index (κ1) is 25.4. The minimum atomic E-state index is -3.02. The molecule has 3 aromatic rings. The van der Waals surface area contributed by atoms with Gasteiger partial charge < -0.3 is 21.3 Å². The highest BCUT2D eigenvalue weighted by atomic mass is 32.2. The number of sulfone groups is 1. The summed E-state index contributed by atoms with van der Waals surface area (Å²) in [5.41, 5.74) is 7.37. The van der Waals surface area contributed by atoms with E-state index < -0.39 is 27.4 Å². The number of carbonyl (C=O) groups excluding carboxylic acids is 1. The smallest absolute Gasteiger partial charge is 0.252 e. The summed E-state index contributed by atoms with van der Waals surface area (Å²) in [7, 11) is -3.02. The molecule has 36 heavy (non-hydrogen) atoms. The second-order valence-corrected chi connectivity index (χ2v) is 11.0. The van der Waals surface area contributed by atoms with Crippen molar-refractivity contribution in [2.45, 2.75) is 24.6 Å². The van der Waals surface area contributed by atoms with Crippen LogP contribution in [0.5, 0.6) is 0 Å². The molecule has 0 saturated carbocycles. The normalized spacial score (nSPS) is 14.5. The molecule has 11 heteroatoms. The number of nitrogens with zero attached hydrogens (tertiary/aromatic N) is 2. The molecular formula is C25H27F2N5O3S. The number of piperidine rings is 1. The molecule has 4 N–H and O–H groups in total. The van der Waals surface area contributed by atoms with Crippen molar-refractivity contribution in [3.63, 3.8) is 0 Å². The van der Waals surface area contributed by atoms with Gasteiger partial charge in [0, 0.05) is 55.1 Å². The number of pyridine rings is 1. The molecule has 1 aliphatic rings. The van der Waals surface area contributed by atoms with Crippen molar-refractivity contribution in [3.05, 3.63) is 77.5 Å². The van der Waals surface area contributed by atoms with Gasteiger partial charge in [0.15, 0.2) is 0 Å². The topological polar surface area (TPSA) is 117 Å². The van der Waals surface area contributed by atoms with E-state index in [1.54, 1.807) is 6.07 Å². The number of halogens is 2. The van der Waals surface area contributed by atoms with Gasteiger partial charge in [-0.25, -0.2) is 22.2 Å². The van der Waals surface area contributed by atoms with E-state index in [-0.39, 0.29) is 28.6 Å². The summed E-state index contributed by atoms with van der Waals surface area (Å²) in [6.45, 7) is 1.14. The molecule has 0 bridgehead atoms. The van der Waals surface area contributed by atoms with Crippen LogP contribution in [-0.4, -0.2) is 43.9 Å². The second-order valence-electron chi connectivity index (χ2n) is 8.72. The minimum Gasteiger partial charge on any atom is -0.380 e. The Bertz CT molecular complexity index is 1340. The maximum absolute atomic E-state index is 14.0. The molecule has 0 atom stereocenters. The van der Waals surface area contributed by atoms with Crippen LogP contribution < -0.4 is 21.3 Å². The molecule has 190 valence electrons. The van der Waals surface area contributed by atoms with Crippen LogP contribution in [-0.2, 0) is 16.4 Å². The Morgan fingerprint density at radius 3 is 2.33 bits per heavy atom. The fourth-order valence-electron chi connectivity index (χ4n) is 4.20. The van der Waals surface area contributed by atoms with E-state index in [0.29, 0.717) is 31.7 Å². The van der Waals surface area contributed by atoms with Gasteiger partial charge in [0.1, 0.15) is 27.3 Å². The lowest BCUT2D eigenvalue weighted by Crippen LogP contribution is -2.38. The highest BCUT2D eigenvalue weighted by molar-refractivity contribution is 7.91. The summed E-state index contributed by atoms with van der Waals surface area (Å²) >= 11 is 0. The first-order valence-corrected chi connectivity index (χ1v) is 13.3. The lowest BCUT2D eigenvalue weighted by atomic mass is 10.1. The van der Waals surface area contributed by atoms with E-state index >= 15 is 0 Å². The summed E-state index contributed by atoms with van der Waals surface area (Å²) in [5, 5.41) is 5.72. The maximum atomic E-state index is 14.0.